The number of para-hydroxylation sites is 1. The lowest BCUT2D eigenvalue weighted by molar-refractivity contribution is 0.301. The topological polar surface area (TPSA) is 9.23 Å². The Labute approximate surface area is 127 Å². The molecular formula is C16H16BrClO. The summed E-state index contributed by atoms with van der Waals surface area (Å²) in [5, 5.41) is 0. The first-order valence-corrected chi connectivity index (χ1v) is 7.62. The summed E-state index contributed by atoms with van der Waals surface area (Å²) >= 11 is 9.65. The SMILES string of the molecule is ClCC(CCOc1ccccc1)c1ccccc1Br. The van der Waals surface area contributed by atoms with E-state index in [9.17, 15) is 0 Å². The Hall–Kier alpha value is -0.990. The Morgan fingerprint density at radius 3 is 2.37 bits per heavy atom. The molecule has 2 aromatic carbocycles. The van der Waals surface area contributed by atoms with E-state index in [-0.39, 0.29) is 0 Å². The zero-order chi connectivity index (χ0) is 13.5. The second kappa shape index (κ2) is 7.56. The van der Waals surface area contributed by atoms with Crippen LogP contribution in [0.25, 0.3) is 0 Å². The fraction of sp³-hybridized carbons (Fsp3) is 0.250. The van der Waals surface area contributed by atoms with E-state index >= 15 is 0 Å². The molecule has 0 spiro atoms. The van der Waals surface area contributed by atoms with Crippen molar-refractivity contribution in [2.75, 3.05) is 12.5 Å². The fourth-order valence-electron chi connectivity index (χ4n) is 1.96. The standard InChI is InChI=1S/C16H16BrClO/c17-16-9-5-4-8-15(16)13(12-18)10-11-19-14-6-2-1-3-7-14/h1-9,13H,10-12H2. The van der Waals surface area contributed by atoms with E-state index in [1.165, 1.54) is 5.56 Å². The van der Waals surface area contributed by atoms with E-state index in [2.05, 4.69) is 22.0 Å². The number of ether oxygens (including phenoxy) is 1. The van der Waals surface area contributed by atoms with Gasteiger partial charge < -0.3 is 4.74 Å². The van der Waals surface area contributed by atoms with Crippen LogP contribution in [-0.2, 0) is 0 Å². The highest BCUT2D eigenvalue weighted by atomic mass is 79.9. The van der Waals surface area contributed by atoms with Crippen molar-refractivity contribution in [3.05, 3.63) is 64.6 Å². The molecule has 2 rings (SSSR count). The normalized spacial score (nSPS) is 12.1. The Morgan fingerprint density at radius 2 is 1.68 bits per heavy atom. The van der Waals surface area contributed by atoms with Gasteiger partial charge in [0.1, 0.15) is 5.75 Å². The summed E-state index contributed by atoms with van der Waals surface area (Å²) in [4.78, 5) is 0. The molecule has 0 aromatic heterocycles. The van der Waals surface area contributed by atoms with Crippen LogP contribution in [0, 0.1) is 0 Å². The van der Waals surface area contributed by atoms with Gasteiger partial charge in [-0.2, -0.15) is 0 Å². The van der Waals surface area contributed by atoms with E-state index in [4.69, 9.17) is 16.3 Å². The van der Waals surface area contributed by atoms with Crippen molar-refractivity contribution in [2.24, 2.45) is 0 Å². The van der Waals surface area contributed by atoms with Gasteiger partial charge in [-0.3, -0.25) is 0 Å². The van der Waals surface area contributed by atoms with Gasteiger partial charge in [0.05, 0.1) is 6.61 Å². The molecule has 19 heavy (non-hydrogen) atoms. The molecule has 0 bridgehead atoms. The number of rotatable bonds is 6. The molecule has 0 aliphatic rings. The van der Waals surface area contributed by atoms with Crippen LogP contribution in [0.15, 0.2) is 59.1 Å². The maximum atomic E-state index is 6.08. The summed E-state index contributed by atoms with van der Waals surface area (Å²) in [5.74, 6) is 1.81. The van der Waals surface area contributed by atoms with Crippen molar-refractivity contribution in [3.63, 3.8) is 0 Å². The van der Waals surface area contributed by atoms with E-state index in [0.717, 1.165) is 16.6 Å². The highest BCUT2D eigenvalue weighted by Crippen LogP contribution is 2.28. The minimum atomic E-state index is 0.306. The molecule has 3 heteroatoms. The average molecular weight is 340 g/mol. The van der Waals surface area contributed by atoms with E-state index in [1.807, 2.05) is 48.5 Å². The highest BCUT2D eigenvalue weighted by Gasteiger charge is 2.13. The van der Waals surface area contributed by atoms with E-state index in [0.29, 0.717) is 18.4 Å². The molecule has 1 atom stereocenters. The maximum Gasteiger partial charge on any atom is 0.119 e. The van der Waals surface area contributed by atoms with Gasteiger partial charge in [-0.05, 0) is 30.2 Å². The second-order valence-electron chi connectivity index (χ2n) is 4.32. The van der Waals surface area contributed by atoms with Crippen LogP contribution < -0.4 is 4.74 Å². The molecule has 0 N–H and O–H groups in total. The van der Waals surface area contributed by atoms with Crippen LogP contribution in [0.4, 0.5) is 0 Å². The summed E-state index contributed by atoms with van der Waals surface area (Å²) in [6, 6.07) is 18.1. The number of hydrogen-bond donors (Lipinski definition) is 0. The molecule has 2 aromatic rings. The Morgan fingerprint density at radius 1 is 1.00 bits per heavy atom. The molecule has 0 heterocycles. The molecule has 0 aliphatic heterocycles. The molecule has 0 aliphatic carbocycles. The summed E-state index contributed by atoms with van der Waals surface area (Å²) in [6.45, 7) is 0.669. The Kier molecular flexibility index (Phi) is 5.74. The Bertz CT molecular complexity index is 501. The Balaban J connectivity index is 1.92. The monoisotopic (exact) mass is 338 g/mol. The van der Waals surface area contributed by atoms with E-state index < -0.39 is 0 Å². The van der Waals surface area contributed by atoms with Gasteiger partial charge in [0.2, 0.25) is 0 Å². The number of halogens is 2. The lowest BCUT2D eigenvalue weighted by Crippen LogP contribution is -2.08. The zero-order valence-corrected chi connectivity index (χ0v) is 12.9. The first-order chi connectivity index (χ1) is 9.31. The molecule has 0 radical (unpaired) electrons. The van der Waals surface area contributed by atoms with Crippen molar-refractivity contribution in [2.45, 2.75) is 12.3 Å². The van der Waals surface area contributed by atoms with Crippen LogP contribution in [0.1, 0.15) is 17.9 Å². The number of alkyl halides is 1. The minimum Gasteiger partial charge on any atom is -0.494 e. The molecule has 0 saturated heterocycles. The van der Waals surface area contributed by atoms with Crippen LogP contribution >= 0.6 is 27.5 Å². The van der Waals surface area contributed by atoms with Crippen LogP contribution in [0.5, 0.6) is 5.75 Å². The number of hydrogen-bond acceptors (Lipinski definition) is 1. The predicted octanol–water partition coefficient (Wildman–Crippen LogP) is 5.24. The molecular weight excluding hydrogens is 324 g/mol. The summed E-state index contributed by atoms with van der Waals surface area (Å²) in [5.41, 5.74) is 1.24. The van der Waals surface area contributed by atoms with Crippen LogP contribution in [-0.4, -0.2) is 12.5 Å². The van der Waals surface area contributed by atoms with Crippen molar-refractivity contribution in [3.8, 4) is 5.75 Å². The van der Waals surface area contributed by atoms with Crippen molar-refractivity contribution in [1.29, 1.82) is 0 Å². The van der Waals surface area contributed by atoms with Crippen LogP contribution in [0.3, 0.4) is 0 Å². The van der Waals surface area contributed by atoms with Gasteiger partial charge in [0, 0.05) is 16.3 Å². The molecule has 100 valence electrons. The molecule has 1 unspecified atom stereocenters. The quantitative estimate of drug-likeness (QED) is 0.654. The van der Waals surface area contributed by atoms with Gasteiger partial charge in [0.15, 0.2) is 0 Å². The molecule has 0 saturated carbocycles. The molecule has 0 fully saturated rings. The first kappa shape index (κ1) is 14.4. The largest absolute Gasteiger partial charge is 0.494 e. The minimum absolute atomic E-state index is 0.306. The lowest BCUT2D eigenvalue weighted by Gasteiger charge is -2.16. The third-order valence-electron chi connectivity index (χ3n) is 3.01. The molecule has 1 nitrogen and oxygen atoms in total. The summed E-state index contributed by atoms with van der Waals surface area (Å²) in [6.07, 6.45) is 0.904. The fourth-order valence-corrected chi connectivity index (χ4v) is 2.89. The second-order valence-corrected chi connectivity index (χ2v) is 5.49. The lowest BCUT2D eigenvalue weighted by atomic mass is 9.98. The van der Waals surface area contributed by atoms with Crippen molar-refractivity contribution >= 4 is 27.5 Å². The van der Waals surface area contributed by atoms with Gasteiger partial charge in [-0.15, -0.1) is 11.6 Å². The number of benzene rings is 2. The van der Waals surface area contributed by atoms with Crippen molar-refractivity contribution < 1.29 is 4.74 Å². The van der Waals surface area contributed by atoms with Gasteiger partial charge in [-0.25, -0.2) is 0 Å². The highest BCUT2D eigenvalue weighted by molar-refractivity contribution is 9.10. The van der Waals surface area contributed by atoms with Crippen molar-refractivity contribution in [1.82, 2.24) is 0 Å². The van der Waals surface area contributed by atoms with E-state index in [1.54, 1.807) is 0 Å². The zero-order valence-electron chi connectivity index (χ0n) is 10.6. The van der Waals surface area contributed by atoms with Gasteiger partial charge >= 0.3 is 0 Å². The summed E-state index contributed by atoms with van der Waals surface area (Å²) in [7, 11) is 0. The average Bonchev–Trinajstić information content (AvgIpc) is 2.46. The summed E-state index contributed by atoms with van der Waals surface area (Å²) < 4.78 is 6.84. The third kappa shape index (κ3) is 4.26. The smallest absolute Gasteiger partial charge is 0.119 e. The van der Waals surface area contributed by atoms with Gasteiger partial charge in [0.25, 0.3) is 0 Å². The van der Waals surface area contributed by atoms with Gasteiger partial charge in [-0.1, -0.05) is 52.3 Å². The predicted molar refractivity (Wildman–Crippen MR) is 84.2 cm³/mol. The maximum absolute atomic E-state index is 6.08. The van der Waals surface area contributed by atoms with Crippen LogP contribution in [0.2, 0.25) is 0 Å². The molecule has 0 amide bonds. The third-order valence-corrected chi connectivity index (χ3v) is 4.10. The first-order valence-electron chi connectivity index (χ1n) is 6.29.